The summed E-state index contributed by atoms with van der Waals surface area (Å²) in [5.74, 6) is -0.473. The maximum atomic E-state index is 12.1. The van der Waals surface area contributed by atoms with Gasteiger partial charge in [-0.05, 0) is 11.6 Å². The molecule has 5 heteroatoms. The summed E-state index contributed by atoms with van der Waals surface area (Å²) in [7, 11) is -3.41. The maximum absolute atomic E-state index is 12.1. The zero-order chi connectivity index (χ0) is 16.0. The summed E-state index contributed by atoms with van der Waals surface area (Å²) < 4.78 is 24.1. The first-order valence-corrected chi connectivity index (χ1v) is 9.02. The molecule has 3 nitrogen and oxygen atoms in total. The van der Waals surface area contributed by atoms with Gasteiger partial charge in [0, 0.05) is 10.6 Å². The second-order valence-corrected chi connectivity index (χ2v) is 7.49. The van der Waals surface area contributed by atoms with E-state index in [-0.39, 0.29) is 11.5 Å². The van der Waals surface area contributed by atoms with Crippen molar-refractivity contribution in [2.75, 3.05) is 11.5 Å². The fourth-order valence-electron chi connectivity index (χ4n) is 2.04. The van der Waals surface area contributed by atoms with Gasteiger partial charge in [-0.15, -0.1) is 0 Å². The van der Waals surface area contributed by atoms with Gasteiger partial charge in [0.05, 0.1) is 17.6 Å². The molecule has 22 heavy (non-hydrogen) atoms. The second-order valence-electron chi connectivity index (χ2n) is 4.93. The molecule has 0 bridgehead atoms. The lowest BCUT2D eigenvalue weighted by Crippen LogP contribution is -2.16. The third-order valence-electron chi connectivity index (χ3n) is 3.14. The highest BCUT2D eigenvalue weighted by Gasteiger charge is 2.19. The van der Waals surface area contributed by atoms with E-state index in [4.69, 9.17) is 11.6 Å². The Kier molecular flexibility index (Phi) is 5.77. The van der Waals surface area contributed by atoms with Gasteiger partial charge in [-0.2, -0.15) is 0 Å². The third kappa shape index (κ3) is 4.98. The van der Waals surface area contributed by atoms with Crippen molar-refractivity contribution in [1.29, 1.82) is 0 Å². The predicted molar refractivity (Wildman–Crippen MR) is 90.5 cm³/mol. The van der Waals surface area contributed by atoms with E-state index in [0.29, 0.717) is 10.6 Å². The first-order valence-electron chi connectivity index (χ1n) is 6.82. The molecule has 1 N–H and O–H groups in total. The molecule has 0 saturated carbocycles. The van der Waals surface area contributed by atoms with Crippen molar-refractivity contribution in [1.82, 2.24) is 0 Å². The van der Waals surface area contributed by atoms with Crippen LogP contribution in [0.5, 0.6) is 0 Å². The van der Waals surface area contributed by atoms with Crippen molar-refractivity contribution >= 4 is 27.5 Å². The van der Waals surface area contributed by atoms with E-state index >= 15 is 0 Å². The van der Waals surface area contributed by atoms with Crippen molar-refractivity contribution in [3.63, 3.8) is 0 Å². The van der Waals surface area contributed by atoms with E-state index in [0.717, 1.165) is 5.56 Å². The van der Waals surface area contributed by atoms with Crippen LogP contribution in [-0.4, -0.2) is 25.0 Å². The second kappa shape index (κ2) is 7.58. The highest BCUT2D eigenvalue weighted by molar-refractivity contribution is 7.91. The Bertz CT molecular complexity index is 740. The SMILES string of the molecule is O=S(=O)(CC=Cc1ccccc1)CC(O)c1ccccc1Cl. The molecule has 0 radical (unpaired) electrons. The molecule has 0 aliphatic heterocycles. The number of hydrogen-bond acceptors (Lipinski definition) is 3. The molecule has 0 aliphatic rings. The molecule has 1 unspecified atom stereocenters. The van der Waals surface area contributed by atoms with Gasteiger partial charge in [0.2, 0.25) is 0 Å². The van der Waals surface area contributed by atoms with Gasteiger partial charge in [0.15, 0.2) is 9.84 Å². The molecule has 0 amide bonds. The lowest BCUT2D eigenvalue weighted by atomic mass is 10.1. The monoisotopic (exact) mass is 336 g/mol. The van der Waals surface area contributed by atoms with E-state index in [9.17, 15) is 13.5 Å². The topological polar surface area (TPSA) is 54.4 Å². The predicted octanol–water partition coefficient (Wildman–Crippen LogP) is 3.50. The summed E-state index contributed by atoms with van der Waals surface area (Å²) in [5.41, 5.74) is 1.36. The van der Waals surface area contributed by atoms with Gasteiger partial charge in [-0.3, -0.25) is 0 Å². The number of benzene rings is 2. The van der Waals surface area contributed by atoms with Crippen molar-refractivity contribution in [3.05, 3.63) is 76.8 Å². The molecular weight excluding hydrogens is 320 g/mol. The van der Waals surface area contributed by atoms with Crippen LogP contribution in [0.4, 0.5) is 0 Å². The van der Waals surface area contributed by atoms with Crippen LogP contribution in [0.1, 0.15) is 17.2 Å². The van der Waals surface area contributed by atoms with Crippen molar-refractivity contribution in [2.45, 2.75) is 6.10 Å². The lowest BCUT2D eigenvalue weighted by molar-refractivity contribution is 0.202. The van der Waals surface area contributed by atoms with Crippen LogP contribution < -0.4 is 0 Å². The van der Waals surface area contributed by atoms with Crippen LogP contribution in [0.15, 0.2) is 60.7 Å². The zero-order valence-electron chi connectivity index (χ0n) is 11.9. The third-order valence-corrected chi connectivity index (χ3v) is 5.00. The Labute approximate surface area is 135 Å². The average molecular weight is 337 g/mol. The van der Waals surface area contributed by atoms with Crippen molar-refractivity contribution in [2.24, 2.45) is 0 Å². The number of aliphatic hydroxyl groups excluding tert-OH is 1. The Hall–Kier alpha value is -1.62. The highest BCUT2D eigenvalue weighted by atomic mass is 35.5. The van der Waals surface area contributed by atoms with Crippen LogP contribution in [0.25, 0.3) is 6.08 Å². The number of hydrogen-bond donors (Lipinski definition) is 1. The van der Waals surface area contributed by atoms with Gasteiger partial charge < -0.3 is 5.11 Å². The van der Waals surface area contributed by atoms with Gasteiger partial charge in [0.1, 0.15) is 0 Å². The van der Waals surface area contributed by atoms with E-state index in [1.165, 1.54) is 0 Å². The van der Waals surface area contributed by atoms with E-state index in [2.05, 4.69) is 0 Å². The van der Waals surface area contributed by atoms with E-state index in [1.54, 1.807) is 36.4 Å². The fourth-order valence-corrected chi connectivity index (χ4v) is 3.49. The number of rotatable bonds is 6. The van der Waals surface area contributed by atoms with Gasteiger partial charge in [-0.25, -0.2) is 8.42 Å². The molecule has 2 aromatic rings. The van der Waals surface area contributed by atoms with E-state index < -0.39 is 15.9 Å². The number of sulfone groups is 1. The van der Waals surface area contributed by atoms with E-state index in [1.807, 2.05) is 30.3 Å². The minimum absolute atomic E-state index is 0.122. The molecule has 116 valence electrons. The molecule has 2 aromatic carbocycles. The van der Waals surface area contributed by atoms with Gasteiger partial charge in [-0.1, -0.05) is 72.3 Å². The normalized spacial score (nSPS) is 13.4. The molecule has 0 fully saturated rings. The largest absolute Gasteiger partial charge is 0.387 e. The Morgan fingerprint density at radius 3 is 2.36 bits per heavy atom. The van der Waals surface area contributed by atoms with Crippen LogP contribution in [0.3, 0.4) is 0 Å². The first-order chi connectivity index (χ1) is 10.5. The summed E-state index contributed by atoms with van der Waals surface area (Å²) in [6.45, 7) is 0. The first kappa shape index (κ1) is 16.7. The smallest absolute Gasteiger partial charge is 0.156 e. The minimum atomic E-state index is -3.41. The maximum Gasteiger partial charge on any atom is 0.156 e. The summed E-state index contributed by atoms with van der Waals surface area (Å²) in [6, 6.07) is 16.1. The number of aliphatic hydroxyl groups is 1. The van der Waals surface area contributed by atoms with Gasteiger partial charge >= 0.3 is 0 Å². The standard InChI is InChI=1S/C17H17ClO3S/c18-16-11-5-4-10-15(16)17(19)13-22(20,21)12-6-9-14-7-2-1-3-8-14/h1-11,17,19H,12-13H2. The highest BCUT2D eigenvalue weighted by Crippen LogP contribution is 2.23. The Morgan fingerprint density at radius 2 is 1.68 bits per heavy atom. The minimum Gasteiger partial charge on any atom is -0.387 e. The summed E-state index contributed by atoms with van der Waals surface area (Å²) in [5, 5.41) is 10.4. The quantitative estimate of drug-likeness (QED) is 0.878. The molecule has 0 saturated heterocycles. The molecular formula is C17H17ClO3S. The van der Waals surface area contributed by atoms with Crippen LogP contribution >= 0.6 is 11.6 Å². The molecule has 0 spiro atoms. The fraction of sp³-hybridized carbons (Fsp3) is 0.176. The molecule has 0 aromatic heterocycles. The van der Waals surface area contributed by atoms with Crippen molar-refractivity contribution in [3.8, 4) is 0 Å². The average Bonchev–Trinajstić information content (AvgIpc) is 2.48. The molecule has 0 heterocycles. The van der Waals surface area contributed by atoms with Crippen molar-refractivity contribution < 1.29 is 13.5 Å². The lowest BCUT2D eigenvalue weighted by Gasteiger charge is -2.12. The Morgan fingerprint density at radius 1 is 1.05 bits per heavy atom. The Balaban J connectivity index is 1.99. The molecule has 2 rings (SSSR count). The van der Waals surface area contributed by atoms with Gasteiger partial charge in [0.25, 0.3) is 0 Å². The van der Waals surface area contributed by atoms with Crippen LogP contribution in [0.2, 0.25) is 5.02 Å². The number of halogens is 1. The summed E-state index contributed by atoms with van der Waals surface area (Å²) in [6.07, 6.45) is 2.22. The van der Waals surface area contributed by atoms with Crippen LogP contribution in [0, 0.1) is 0 Å². The molecule has 0 aliphatic carbocycles. The summed E-state index contributed by atoms with van der Waals surface area (Å²) >= 11 is 5.96. The van der Waals surface area contributed by atoms with Crippen LogP contribution in [-0.2, 0) is 9.84 Å². The zero-order valence-corrected chi connectivity index (χ0v) is 13.5. The summed E-state index contributed by atoms with van der Waals surface area (Å²) in [4.78, 5) is 0. The molecule has 1 atom stereocenters.